The average Bonchev–Trinajstić information content (AvgIpc) is 2.18. The number of rotatable bonds is 5. The Balaban J connectivity index is 2.73. The van der Waals surface area contributed by atoms with Crippen LogP contribution in [0.15, 0.2) is 18.2 Å². The lowest BCUT2D eigenvalue weighted by Crippen LogP contribution is -2.00. The van der Waals surface area contributed by atoms with E-state index in [9.17, 15) is 15.0 Å². The molecule has 1 rings (SSSR count). The van der Waals surface area contributed by atoms with Gasteiger partial charge in [-0.25, -0.2) is 0 Å². The first kappa shape index (κ1) is 12.0. The van der Waals surface area contributed by atoms with Crippen LogP contribution in [0.1, 0.15) is 29.6 Å². The van der Waals surface area contributed by atoms with Gasteiger partial charge in [0, 0.05) is 11.8 Å². The number of unbranched alkanes of at least 4 members (excludes halogenated alkanes) is 1. The van der Waals surface area contributed by atoms with Crippen LogP contribution >= 0.6 is 15.9 Å². The maximum atomic E-state index is 11.6. The van der Waals surface area contributed by atoms with E-state index in [1.807, 2.05) is 0 Å². The molecule has 0 atom stereocenters. The predicted molar refractivity (Wildman–Crippen MR) is 61.7 cm³/mol. The van der Waals surface area contributed by atoms with E-state index in [1.54, 1.807) is 0 Å². The van der Waals surface area contributed by atoms with Crippen molar-refractivity contribution < 1.29 is 15.0 Å². The molecule has 15 heavy (non-hydrogen) atoms. The Kier molecular flexibility index (Phi) is 4.62. The van der Waals surface area contributed by atoms with Gasteiger partial charge in [-0.05, 0) is 25.0 Å². The molecule has 0 bridgehead atoms. The third-order valence-electron chi connectivity index (χ3n) is 2.09. The van der Waals surface area contributed by atoms with Gasteiger partial charge in [0.25, 0.3) is 0 Å². The van der Waals surface area contributed by atoms with E-state index in [0.29, 0.717) is 6.42 Å². The van der Waals surface area contributed by atoms with Crippen molar-refractivity contribution in [2.45, 2.75) is 19.3 Å². The molecule has 0 aliphatic carbocycles. The van der Waals surface area contributed by atoms with Crippen LogP contribution < -0.4 is 0 Å². The van der Waals surface area contributed by atoms with Crippen LogP contribution in [0.3, 0.4) is 0 Å². The second kappa shape index (κ2) is 5.75. The van der Waals surface area contributed by atoms with Gasteiger partial charge in [-0.15, -0.1) is 0 Å². The summed E-state index contributed by atoms with van der Waals surface area (Å²) in [5, 5.41) is 19.7. The number of halogens is 1. The molecule has 1 aromatic carbocycles. The first-order valence-electron chi connectivity index (χ1n) is 4.77. The SMILES string of the molecule is O=C(CCCCBr)c1c(O)cccc1O. The van der Waals surface area contributed by atoms with Gasteiger partial charge in [-0.1, -0.05) is 22.0 Å². The Hall–Kier alpha value is -1.03. The zero-order valence-corrected chi connectivity index (χ0v) is 9.83. The highest BCUT2D eigenvalue weighted by atomic mass is 79.9. The number of hydrogen-bond donors (Lipinski definition) is 2. The van der Waals surface area contributed by atoms with Crippen LogP contribution in [-0.4, -0.2) is 21.3 Å². The highest BCUT2D eigenvalue weighted by Crippen LogP contribution is 2.27. The molecule has 0 radical (unpaired) electrons. The van der Waals surface area contributed by atoms with Crippen LogP contribution in [-0.2, 0) is 0 Å². The summed E-state index contributed by atoms with van der Waals surface area (Å²) in [4.78, 5) is 11.6. The summed E-state index contributed by atoms with van der Waals surface area (Å²) in [6, 6.07) is 4.30. The molecule has 0 amide bonds. The van der Waals surface area contributed by atoms with Crippen molar-refractivity contribution in [3.8, 4) is 11.5 Å². The van der Waals surface area contributed by atoms with Crippen LogP contribution in [0.4, 0.5) is 0 Å². The molecule has 82 valence electrons. The Morgan fingerprint density at radius 1 is 1.20 bits per heavy atom. The van der Waals surface area contributed by atoms with Crippen LogP contribution in [0, 0.1) is 0 Å². The lowest BCUT2D eigenvalue weighted by molar-refractivity contribution is 0.0974. The molecule has 1 aromatic rings. The molecular formula is C11H13BrO3. The highest BCUT2D eigenvalue weighted by Gasteiger charge is 2.14. The molecule has 4 heteroatoms. The van der Waals surface area contributed by atoms with Crippen LogP contribution in [0.25, 0.3) is 0 Å². The number of hydrogen-bond acceptors (Lipinski definition) is 3. The Labute approximate surface area is 96.9 Å². The van der Waals surface area contributed by atoms with Crippen molar-refractivity contribution in [1.82, 2.24) is 0 Å². The summed E-state index contributed by atoms with van der Waals surface area (Å²) in [7, 11) is 0. The third-order valence-corrected chi connectivity index (χ3v) is 2.65. The van der Waals surface area contributed by atoms with Gasteiger partial charge in [-0.2, -0.15) is 0 Å². The zero-order chi connectivity index (χ0) is 11.3. The minimum absolute atomic E-state index is 0.0343. The lowest BCUT2D eigenvalue weighted by Gasteiger charge is -2.05. The fourth-order valence-electron chi connectivity index (χ4n) is 1.32. The maximum Gasteiger partial charge on any atom is 0.170 e. The molecule has 0 spiro atoms. The number of phenols is 2. The van der Waals surface area contributed by atoms with Crippen molar-refractivity contribution in [2.24, 2.45) is 0 Å². The number of benzene rings is 1. The second-order valence-corrected chi connectivity index (χ2v) is 4.03. The molecule has 0 saturated heterocycles. The smallest absolute Gasteiger partial charge is 0.170 e. The number of phenolic OH excluding ortho intramolecular Hbond substituents is 2. The molecule has 2 N–H and O–H groups in total. The summed E-state index contributed by atoms with van der Waals surface area (Å²) in [5.41, 5.74) is 0.0343. The molecule has 0 heterocycles. The molecule has 0 aliphatic rings. The van der Waals surface area contributed by atoms with Gasteiger partial charge in [0.15, 0.2) is 5.78 Å². The number of Topliss-reactive ketones (excluding diaryl/α,β-unsaturated/α-hetero) is 1. The van der Waals surface area contributed by atoms with Gasteiger partial charge in [-0.3, -0.25) is 4.79 Å². The summed E-state index contributed by atoms with van der Waals surface area (Å²) in [6.07, 6.45) is 1.99. The minimum atomic E-state index is -0.216. The maximum absolute atomic E-state index is 11.6. The summed E-state index contributed by atoms with van der Waals surface area (Å²) >= 11 is 3.27. The molecule has 0 saturated carbocycles. The topological polar surface area (TPSA) is 57.5 Å². The molecule has 0 aliphatic heterocycles. The van der Waals surface area contributed by atoms with Crippen LogP contribution in [0.5, 0.6) is 11.5 Å². The van der Waals surface area contributed by atoms with Crippen molar-refractivity contribution >= 4 is 21.7 Å². The fraction of sp³-hybridized carbons (Fsp3) is 0.364. The lowest BCUT2D eigenvalue weighted by atomic mass is 10.0. The Morgan fingerprint density at radius 3 is 2.33 bits per heavy atom. The standard InChI is InChI=1S/C11H13BrO3/c12-7-2-1-4-8(13)11-9(14)5-3-6-10(11)15/h3,5-6,14-15H,1-2,4,7H2. The minimum Gasteiger partial charge on any atom is -0.507 e. The van der Waals surface area contributed by atoms with E-state index >= 15 is 0 Å². The number of ketones is 1. The van der Waals surface area contributed by atoms with E-state index in [1.165, 1.54) is 18.2 Å². The summed E-state index contributed by atoms with van der Waals surface area (Å²) < 4.78 is 0. The largest absolute Gasteiger partial charge is 0.507 e. The summed E-state index contributed by atoms with van der Waals surface area (Å²) in [5.74, 6) is -0.524. The zero-order valence-electron chi connectivity index (χ0n) is 8.24. The first-order valence-corrected chi connectivity index (χ1v) is 5.89. The fourth-order valence-corrected chi connectivity index (χ4v) is 1.72. The van der Waals surface area contributed by atoms with E-state index in [2.05, 4.69) is 15.9 Å². The average molecular weight is 273 g/mol. The normalized spacial score (nSPS) is 10.2. The van der Waals surface area contributed by atoms with Gasteiger partial charge in [0.1, 0.15) is 17.1 Å². The van der Waals surface area contributed by atoms with E-state index in [0.717, 1.165) is 18.2 Å². The molecule has 0 aromatic heterocycles. The summed E-state index contributed by atoms with van der Waals surface area (Å²) in [6.45, 7) is 0. The first-order chi connectivity index (χ1) is 7.16. The Bertz CT molecular complexity index is 329. The predicted octanol–water partition coefficient (Wildman–Crippen LogP) is 2.85. The van der Waals surface area contributed by atoms with E-state index < -0.39 is 0 Å². The molecule has 3 nitrogen and oxygen atoms in total. The van der Waals surface area contributed by atoms with Crippen molar-refractivity contribution in [3.05, 3.63) is 23.8 Å². The van der Waals surface area contributed by atoms with E-state index in [4.69, 9.17) is 0 Å². The van der Waals surface area contributed by atoms with Gasteiger partial charge in [0.2, 0.25) is 0 Å². The third kappa shape index (κ3) is 3.23. The van der Waals surface area contributed by atoms with Crippen LogP contribution in [0.2, 0.25) is 0 Å². The number of aromatic hydroxyl groups is 2. The Morgan fingerprint density at radius 2 is 1.80 bits per heavy atom. The van der Waals surface area contributed by atoms with Crippen molar-refractivity contribution in [3.63, 3.8) is 0 Å². The second-order valence-electron chi connectivity index (χ2n) is 3.24. The van der Waals surface area contributed by atoms with Crippen molar-refractivity contribution in [2.75, 3.05) is 5.33 Å². The van der Waals surface area contributed by atoms with Gasteiger partial charge >= 0.3 is 0 Å². The molecule has 0 fully saturated rings. The number of carbonyl (C=O) groups excluding carboxylic acids is 1. The molecule has 0 unspecified atom stereocenters. The van der Waals surface area contributed by atoms with Gasteiger partial charge in [0.05, 0.1) is 0 Å². The quantitative estimate of drug-likeness (QED) is 0.492. The van der Waals surface area contributed by atoms with Crippen molar-refractivity contribution in [1.29, 1.82) is 0 Å². The highest BCUT2D eigenvalue weighted by molar-refractivity contribution is 9.09. The van der Waals surface area contributed by atoms with Gasteiger partial charge < -0.3 is 10.2 Å². The number of carbonyl (C=O) groups is 1. The molecular weight excluding hydrogens is 260 g/mol. The number of alkyl halides is 1. The van der Waals surface area contributed by atoms with E-state index in [-0.39, 0.29) is 22.8 Å². The monoisotopic (exact) mass is 272 g/mol.